The lowest BCUT2D eigenvalue weighted by molar-refractivity contribution is 0.0987. The molecule has 5 rings (SSSR count). The molecule has 2 heterocycles. The molecule has 0 radical (unpaired) electrons. The first-order valence-electron chi connectivity index (χ1n) is 10.4. The van der Waals surface area contributed by atoms with Crippen LogP contribution in [0.15, 0.2) is 79.1 Å². The molecule has 1 aromatic heterocycles. The zero-order chi connectivity index (χ0) is 22.1. The first-order chi connectivity index (χ1) is 15.6. The zero-order valence-electron chi connectivity index (χ0n) is 17.5. The van der Waals surface area contributed by atoms with E-state index in [1.165, 1.54) is 0 Å². The summed E-state index contributed by atoms with van der Waals surface area (Å²) in [5.74, 6) is 0.793. The predicted octanol–water partition coefficient (Wildman–Crippen LogP) is 4.57. The van der Waals surface area contributed by atoms with Gasteiger partial charge < -0.3 is 10.2 Å². The number of nitrogens with zero attached hydrogens (tertiary/aromatic N) is 4. The van der Waals surface area contributed by atoms with Gasteiger partial charge in [0.1, 0.15) is 17.1 Å². The number of carbonyl (C=O) groups is 1. The van der Waals surface area contributed by atoms with E-state index in [0.29, 0.717) is 23.5 Å². The molecule has 0 saturated carbocycles. The third-order valence-corrected chi connectivity index (χ3v) is 5.96. The molecule has 0 spiro atoms. The molecule has 0 aliphatic carbocycles. The van der Waals surface area contributed by atoms with Gasteiger partial charge in [0.05, 0.1) is 11.4 Å². The van der Waals surface area contributed by atoms with E-state index in [1.54, 1.807) is 6.33 Å². The van der Waals surface area contributed by atoms with E-state index in [2.05, 4.69) is 15.5 Å². The summed E-state index contributed by atoms with van der Waals surface area (Å²) in [5, 5.41) is 11.5. The number of carbonyl (C=O) groups excluding carboxylic acids is 1. The second-order valence-corrected chi connectivity index (χ2v) is 8.07. The number of benzene rings is 3. The lowest BCUT2D eigenvalue weighted by Crippen LogP contribution is -2.32. The number of thiocarbonyl (C=S) groups is 1. The zero-order valence-corrected chi connectivity index (χ0v) is 18.3. The van der Waals surface area contributed by atoms with E-state index in [1.807, 2.05) is 89.2 Å². The van der Waals surface area contributed by atoms with Gasteiger partial charge in [-0.2, -0.15) is 0 Å². The quantitative estimate of drug-likeness (QED) is 0.474. The minimum absolute atomic E-state index is 0.0517. The van der Waals surface area contributed by atoms with Crippen molar-refractivity contribution in [2.24, 2.45) is 0 Å². The van der Waals surface area contributed by atoms with Crippen molar-refractivity contribution in [3.63, 3.8) is 0 Å². The number of amides is 1. The van der Waals surface area contributed by atoms with Crippen LogP contribution in [-0.4, -0.2) is 32.2 Å². The van der Waals surface area contributed by atoms with E-state index in [9.17, 15) is 4.79 Å². The van der Waals surface area contributed by atoms with Gasteiger partial charge >= 0.3 is 0 Å². The fourth-order valence-corrected chi connectivity index (χ4v) is 4.29. The molecular weight excluding hydrogens is 418 g/mol. The third kappa shape index (κ3) is 3.67. The maximum Gasteiger partial charge on any atom is 0.258 e. The van der Waals surface area contributed by atoms with E-state index in [4.69, 9.17) is 12.2 Å². The fraction of sp³-hybridized carbons (Fsp3) is 0.120. The smallest absolute Gasteiger partial charge is 0.258 e. The Labute approximate surface area is 191 Å². The van der Waals surface area contributed by atoms with E-state index >= 15 is 0 Å². The van der Waals surface area contributed by atoms with Gasteiger partial charge in [-0.3, -0.25) is 9.36 Å². The second-order valence-electron chi connectivity index (χ2n) is 7.66. The minimum Gasteiger partial charge on any atom is -0.346 e. The maximum atomic E-state index is 13.4. The molecule has 4 aromatic rings. The van der Waals surface area contributed by atoms with Crippen LogP contribution >= 0.6 is 12.2 Å². The number of anilines is 2. The standard InChI is InChI=1S/C25H21N5OS/c1-17-6-2-3-7-20(17)24(32)27-19-12-10-18(11-13-19)25(31)29-15-14-23-28-26-16-30(23)22-9-5-4-8-21(22)29/h2-13,16H,14-15H2,1H3,(H,27,32). The first-order valence-corrected chi connectivity index (χ1v) is 10.8. The van der Waals surface area contributed by atoms with Crippen LogP contribution in [-0.2, 0) is 6.42 Å². The number of rotatable bonds is 3. The Morgan fingerprint density at radius 2 is 1.69 bits per heavy atom. The lowest BCUT2D eigenvalue weighted by Gasteiger charge is -2.23. The highest BCUT2D eigenvalue weighted by Crippen LogP contribution is 2.29. The summed E-state index contributed by atoms with van der Waals surface area (Å²) in [6, 6.07) is 23.3. The maximum absolute atomic E-state index is 13.4. The molecule has 158 valence electrons. The average molecular weight is 440 g/mol. The number of aryl methyl sites for hydroxylation is 1. The molecule has 1 aliphatic heterocycles. The van der Waals surface area contributed by atoms with Crippen molar-refractivity contribution in [1.29, 1.82) is 0 Å². The fourth-order valence-electron chi connectivity index (χ4n) is 3.95. The van der Waals surface area contributed by atoms with Crippen LogP contribution in [0.3, 0.4) is 0 Å². The van der Waals surface area contributed by atoms with Gasteiger partial charge in [0.25, 0.3) is 5.91 Å². The highest BCUT2D eigenvalue weighted by Gasteiger charge is 2.25. The van der Waals surface area contributed by atoms with Crippen molar-refractivity contribution in [1.82, 2.24) is 14.8 Å². The molecule has 0 fully saturated rings. The van der Waals surface area contributed by atoms with Gasteiger partial charge in [-0.05, 0) is 48.9 Å². The first kappa shape index (κ1) is 20.1. The Morgan fingerprint density at radius 3 is 2.47 bits per heavy atom. The van der Waals surface area contributed by atoms with Crippen molar-refractivity contribution >= 4 is 34.5 Å². The van der Waals surface area contributed by atoms with Gasteiger partial charge in [0.2, 0.25) is 0 Å². The van der Waals surface area contributed by atoms with E-state index < -0.39 is 0 Å². The van der Waals surface area contributed by atoms with Crippen LogP contribution in [0.5, 0.6) is 0 Å². The largest absolute Gasteiger partial charge is 0.346 e. The summed E-state index contributed by atoms with van der Waals surface area (Å²) >= 11 is 5.56. The Hall–Kier alpha value is -3.84. The number of para-hydroxylation sites is 2. The van der Waals surface area contributed by atoms with Gasteiger partial charge in [-0.25, -0.2) is 0 Å². The normalized spacial score (nSPS) is 12.5. The molecule has 32 heavy (non-hydrogen) atoms. The highest BCUT2D eigenvalue weighted by molar-refractivity contribution is 7.81. The summed E-state index contributed by atoms with van der Waals surface area (Å²) in [6.45, 7) is 2.57. The summed E-state index contributed by atoms with van der Waals surface area (Å²) in [6.07, 6.45) is 2.32. The topological polar surface area (TPSA) is 63.1 Å². The Kier molecular flexibility index (Phi) is 5.25. The molecule has 7 heteroatoms. The van der Waals surface area contributed by atoms with Gasteiger partial charge in [-0.15, -0.1) is 10.2 Å². The number of hydrogen-bond acceptors (Lipinski definition) is 4. The molecule has 3 aromatic carbocycles. The van der Waals surface area contributed by atoms with Crippen LogP contribution in [0.1, 0.15) is 27.3 Å². The minimum atomic E-state index is -0.0517. The van der Waals surface area contributed by atoms with Gasteiger partial charge in [0.15, 0.2) is 0 Å². The molecule has 1 N–H and O–H groups in total. The third-order valence-electron chi connectivity index (χ3n) is 5.63. The molecule has 0 bridgehead atoms. The van der Waals surface area contributed by atoms with Crippen molar-refractivity contribution in [2.45, 2.75) is 13.3 Å². The number of nitrogens with one attached hydrogen (secondary N) is 1. The number of aromatic nitrogens is 3. The van der Waals surface area contributed by atoms with Crippen molar-refractivity contribution < 1.29 is 4.79 Å². The number of fused-ring (bicyclic) bond motifs is 3. The molecule has 0 saturated heterocycles. The van der Waals surface area contributed by atoms with Crippen LogP contribution in [0.2, 0.25) is 0 Å². The molecule has 0 atom stereocenters. The molecule has 1 amide bonds. The SMILES string of the molecule is Cc1ccccc1C(=S)Nc1ccc(C(=O)N2CCc3nncn3-c3ccccc32)cc1. The van der Waals surface area contributed by atoms with Crippen molar-refractivity contribution in [3.8, 4) is 5.69 Å². The Balaban J connectivity index is 1.38. The van der Waals surface area contributed by atoms with Crippen LogP contribution in [0.4, 0.5) is 11.4 Å². The summed E-state index contributed by atoms with van der Waals surface area (Å²) in [4.78, 5) is 15.9. The summed E-state index contributed by atoms with van der Waals surface area (Å²) in [7, 11) is 0. The monoisotopic (exact) mass is 439 g/mol. The molecule has 0 unspecified atom stereocenters. The van der Waals surface area contributed by atoms with Crippen molar-refractivity contribution in [3.05, 3.63) is 102 Å². The van der Waals surface area contributed by atoms with E-state index in [0.717, 1.165) is 34.0 Å². The predicted molar refractivity (Wildman–Crippen MR) is 130 cm³/mol. The van der Waals surface area contributed by atoms with Crippen LogP contribution in [0.25, 0.3) is 5.69 Å². The molecule has 6 nitrogen and oxygen atoms in total. The summed E-state index contributed by atoms with van der Waals surface area (Å²) in [5.41, 5.74) is 5.32. The average Bonchev–Trinajstić information content (AvgIpc) is 3.22. The summed E-state index contributed by atoms with van der Waals surface area (Å²) < 4.78 is 1.95. The molecule has 1 aliphatic rings. The van der Waals surface area contributed by atoms with Gasteiger partial charge in [0, 0.05) is 29.8 Å². The number of hydrogen-bond donors (Lipinski definition) is 1. The van der Waals surface area contributed by atoms with Crippen molar-refractivity contribution in [2.75, 3.05) is 16.8 Å². The highest BCUT2D eigenvalue weighted by atomic mass is 32.1. The second kappa shape index (κ2) is 8.36. The molecular formula is C25H21N5OS. The van der Waals surface area contributed by atoms with Crippen LogP contribution < -0.4 is 10.2 Å². The lowest BCUT2D eigenvalue weighted by atomic mass is 10.1. The Bertz CT molecular complexity index is 1310. The van der Waals surface area contributed by atoms with Crippen LogP contribution in [0, 0.1) is 6.92 Å². The van der Waals surface area contributed by atoms with E-state index in [-0.39, 0.29) is 5.91 Å². The van der Waals surface area contributed by atoms with Gasteiger partial charge in [-0.1, -0.05) is 48.6 Å². The Morgan fingerprint density at radius 1 is 0.969 bits per heavy atom.